The van der Waals surface area contributed by atoms with Crippen LogP contribution in [0.2, 0.25) is 19.1 Å². The van der Waals surface area contributed by atoms with Gasteiger partial charge < -0.3 is 4.43 Å². The van der Waals surface area contributed by atoms with Crippen LogP contribution >= 0.6 is 0 Å². The first-order valence-electron chi connectivity index (χ1n) is 9.32. The van der Waals surface area contributed by atoms with Crippen LogP contribution in [0.5, 0.6) is 0 Å². The van der Waals surface area contributed by atoms with Gasteiger partial charge in [0.25, 0.3) is 0 Å². The van der Waals surface area contributed by atoms with Crippen LogP contribution in [0.4, 0.5) is 0 Å². The fourth-order valence-electron chi connectivity index (χ4n) is 3.39. The van der Waals surface area contributed by atoms with Crippen molar-refractivity contribution in [2.45, 2.75) is 116 Å². The highest BCUT2D eigenvalue weighted by Crippen LogP contribution is 2.28. The lowest BCUT2D eigenvalue weighted by Crippen LogP contribution is -2.39. The van der Waals surface area contributed by atoms with Gasteiger partial charge in [-0.3, -0.25) is 0 Å². The maximum absolute atomic E-state index is 6.30. The summed E-state index contributed by atoms with van der Waals surface area (Å²) in [4.78, 5) is 0. The van der Waals surface area contributed by atoms with Crippen molar-refractivity contribution in [3.05, 3.63) is 0 Å². The number of hydrogen-bond acceptors (Lipinski definition) is 1. The molecule has 1 aliphatic heterocycles. The second-order valence-electron chi connectivity index (χ2n) is 7.36. The lowest BCUT2D eigenvalue weighted by atomic mass is 10.0. The molecule has 1 atom stereocenters. The Balaban J connectivity index is 1.85. The molecule has 0 N–H and O–H groups in total. The van der Waals surface area contributed by atoms with E-state index in [9.17, 15) is 0 Å². The van der Waals surface area contributed by atoms with E-state index < -0.39 is 8.32 Å². The zero-order valence-electron chi connectivity index (χ0n) is 14.4. The molecule has 1 unspecified atom stereocenters. The predicted molar refractivity (Wildman–Crippen MR) is 92.9 cm³/mol. The molecule has 2 heteroatoms. The van der Waals surface area contributed by atoms with Gasteiger partial charge in [-0.2, -0.15) is 0 Å². The van der Waals surface area contributed by atoms with Crippen molar-refractivity contribution in [2.24, 2.45) is 0 Å². The summed E-state index contributed by atoms with van der Waals surface area (Å²) in [7, 11) is -1.25. The Hall–Kier alpha value is 0.177. The fourth-order valence-corrected chi connectivity index (χ4v) is 5.70. The maximum atomic E-state index is 6.30. The van der Waals surface area contributed by atoms with Crippen LogP contribution < -0.4 is 0 Å². The third-order valence-electron chi connectivity index (χ3n) is 4.67. The standard InChI is InChI=1S/C18H38OSi/c1-4-5-6-7-8-9-10-11-12-13-15-18-16-14-17-20(2,3)19-18/h18H,4-17H2,1-3H3. The summed E-state index contributed by atoms with van der Waals surface area (Å²) in [6, 6.07) is 1.38. The fraction of sp³-hybridized carbons (Fsp3) is 1.00. The Bertz CT molecular complexity index is 227. The molecular formula is C18H38OSi. The van der Waals surface area contributed by atoms with E-state index in [1.54, 1.807) is 0 Å². The van der Waals surface area contributed by atoms with Crippen LogP contribution in [0, 0.1) is 0 Å². The molecule has 120 valence electrons. The number of unbranched alkanes of at least 4 members (excludes halogenated alkanes) is 9. The molecule has 0 aliphatic carbocycles. The van der Waals surface area contributed by atoms with Gasteiger partial charge in [-0.05, 0) is 32.0 Å². The largest absolute Gasteiger partial charge is 0.414 e. The molecule has 0 bridgehead atoms. The lowest BCUT2D eigenvalue weighted by Gasteiger charge is -2.34. The highest BCUT2D eigenvalue weighted by molar-refractivity contribution is 6.71. The Morgan fingerprint density at radius 3 is 1.95 bits per heavy atom. The quantitative estimate of drug-likeness (QED) is 0.305. The summed E-state index contributed by atoms with van der Waals surface area (Å²) in [6.07, 6.45) is 19.0. The van der Waals surface area contributed by atoms with Crippen molar-refractivity contribution in [2.75, 3.05) is 0 Å². The second-order valence-corrected chi connectivity index (χ2v) is 11.6. The van der Waals surface area contributed by atoms with Gasteiger partial charge in [0.2, 0.25) is 0 Å². The van der Waals surface area contributed by atoms with Crippen molar-refractivity contribution in [3.8, 4) is 0 Å². The van der Waals surface area contributed by atoms with Crippen molar-refractivity contribution < 1.29 is 4.43 Å². The van der Waals surface area contributed by atoms with E-state index >= 15 is 0 Å². The molecule has 0 amide bonds. The van der Waals surface area contributed by atoms with E-state index in [2.05, 4.69) is 20.0 Å². The van der Waals surface area contributed by atoms with Crippen LogP contribution in [0.3, 0.4) is 0 Å². The molecule has 1 nitrogen and oxygen atoms in total. The SMILES string of the molecule is CCCCCCCCCCCCC1CCC[Si](C)(C)O1. The average Bonchev–Trinajstić information content (AvgIpc) is 2.40. The Labute approximate surface area is 129 Å². The minimum Gasteiger partial charge on any atom is -0.414 e. The average molecular weight is 299 g/mol. The molecule has 0 spiro atoms. The molecule has 1 rings (SSSR count). The summed E-state index contributed by atoms with van der Waals surface area (Å²) < 4.78 is 6.30. The summed E-state index contributed by atoms with van der Waals surface area (Å²) >= 11 is 0. The highest BCUT2D eigenvalue weighted by atomic mass is 28.4. The Morgan fingerprint density at radius 2 is 1.40 bits per heavy atom. The lowest BCUT2D eigenvalue weighted by molar-refractivity contribution is 0.148. The van der Waals surface area contributed by atoms with Crippen molar-refractivity contribution in [1.29, 1.82) is 0 Å². The molecule has 0 aromatic heterocycles. The number of rotatable bonds is 11. The molecule has 1 aliphatic rings. The maximum Gasteiger partial charge on any atom is 0.187 e. The van der Waals surface area contributed by atoms with Crippen molar-refractivity contribution >= 4 is 8.32 Å². The van der Waals surface area contributed by atoms with E-state index in [1.807, 2.05) is 0 Å². The molecule has 0 aromatic rings. The molecule has 0 aromatic carbocycles. The zero-order chi connectivity index (χ0) is 14.7. The highest BCUT2D eigenvalue weighted by Gasteiger charge is 2.30. The summed E-state index contributed by atoms with van der Waals surface area (Å²) in [6.45, 7) is 7.06. The van der Waals surface area contributed by atoms with Crippen LogP contribution in [-0.4, -0.2) is 14.4 Å². The van der Waals surface area contributed by atoms with E-state index in [0.717, 1.165) is 0 Å². The Kier molecular flexibility index (Phi) is 9.88. The van der Waals surface area contributed by atoms with E-state index in [1.165, 1.54) is 89.5 Å². The smallest absolute Gasteiger partial charge is 0.187 e. The summed E-state index contributed by atoms with van der Waals surface area (Å²) in [5.74, 6) is 0. The van der Waals surface area contributed by atoms with Gasteiger partial charge in [-0.1, -0.05) is 77.6 Å². The van der Waals surface area contributed by atoms with E-state index in [0.29, 0.717) is 6.10 Å². The topological polar surface area (TPSA) is 9.23 Å². The van der Waals surface area contributed by atoms with Crippen LogP contribution in [0.15, 0.2) is 0 Å². The Morgan fingerprint density at radius 1 is 0.850 bits per heavy atom. The normalized spacial score (nSPS) is 22.1. The molecule has 0 radical (unpaired) electrons. The monoisotopic (exact) mass is 298 g/mol. The van der Waals surface area contributed by atoms with Gasteiger partial charge in [-0.25, -0.2) is 0 Å². The molecule has 0 saturated carbocycles. The molecule has 1 heterocycles. The van der Waals surface area contributed by atoms with E-state index in [4.69, 9.17) is 4.43 Å². The van der Waals surface area contributed by atoms with Crippen LogP contribution in [-0.2, 0) is 4.43 Å². The van der Waals surface area contributed by atoms with Gasteiger partial charge in [0.1, 0.15) is 0 Å². The summed E-state index contributed by atoms with van der Waals surface area (Å²) in [5.41, 5.74) is 0. The molecule has 1 saturated heterocycles. The van der Waals surface area contributed by atoms with Gasteiger partial charge in [0, 0.05) is 6.10 Å². The number of hydrogen-bond donors (Lipinski definition) is 0. The van der Waals surface area contributed by atoms with Gasteiger partial charge in [0.15, 0.2) is 8.32 Å². The minimum atomic E-state index is -1.25. The first-order valence-corrected chi connectivity index (χ1v) is 12.4. The minimum absolute atomic E-state index is 0.611. The van der Waals surface area contributed by atoms with Gasteiger partial charge in [0.05, 0.1) is 0 Å². The first kappa shape index (κ1) is 18.2. The molecular weight excluding hydrogens is 260 g/mol. The second kappa shape index (κ2) is 10.8. The first-order chi connectivity index (χ1) is 9.64. The van der Waals surface area contributed by atoms with E-state index in [-0.39, 0.29) is 0 Å². The summed E-state index contributed by atoms with van der Waals surface area (Å²) in [5, 5.41) is 0. The van der Waals surface area contributed by atoms with Crippen molar-refractivity contribution in [3.63, 3.8) is 0 Å². The molecule has 1 fully saturated rings. The zero-order valence-corrected chi connectivity index (χ0v) is 15.4. The molecule has 20 heavy (non-hydrogen) atoms. The van der Waals surface area contributed by atoms with Crippen LogP contribution in [0.25, 0.3) is 0 Å². The third kappa shape index (κ3) is 9.18. The third-order valence-corrected chi connectivity index (χ3v) is 7.20. The van der Waals surface area contributed by atoms with Gasteiger partial charge >= 0.3 is 0 Å². The van der Waals surface area contributed by atoms with Crippen LogP contribution in [0.1, 0.15) is 90.4 Å². The predicted octanol–water partition coefficient (Wildman–Crippen LogP) is 6.68. The van der Waals surface area contributed by atoms with Gasteiger partial charge in [-0.15, -0.1) is 0 Å². The van der Waals surface area contributed by atoms with Crippen molar-refractivity contribution in [1.82, 2.24) is 0 Å².